The second-order valence-electron chi connectivity index (χ2n) is 7.72. The topological polar surface area (TPSA) is 83.8 Å². The molecule has 2 aromatic carbocycles. The summed E-state index contributed by atoms with van der Waals surface area (Å²) in [5.41, 5.74) is 7.25. The Kier molecular flexibility index (Phi) is 7.33. The summed E-state index contributed by atoms with van der Waals surface area (Å²) in [6.07, 6.45) is 3.39. The van der Waals surface area contributed by atoms with Gasteiger partial charge in [-0.05, 0) is 68.3 Å². The van der Waals surface area contributed by atoms with E-state index in [1.807, 2.05) is 43.5 Å². The number of sulfonamides is 1. The summed E-state index contributed by atoms with van der Waals surface area (Å²) in [6, 6.07) is 15.1. The van der Waals surface area contributed by atoms with Gasteiger partial charge in [-0.1, -0.05) is 19.1 Å². The monoisotopic (exact) mass is 470 g/mol. The van der Waals surface area contributed by atoms with Crippen molar-refractivity contribution in [2.75, 3.05) is 17.1 Å². The van der Waals surface area contributed by atoms with Crippen LogP contribution in [0.25, 0.3) is 5.69 Å². The van der Waals surface area contributed by atoms with Crippen LogP contribution in [0.3, 0.4) is 0 Å². The first kappa shape index (κ1) is 24.2. The molecular weight excluding hydrogens is 443 g/mol. The molecule has 174 valence electrons. The number of aromatic nitrogens is 1. The molecule has 0 aliphatic heterocycles. The zero-order valence-corrected chi connectivity index (χ0v) is 19.9. The average molecular weight is 471 g/mol. The van der Waals surface area contributed by atoms with E-state index in [-0.39, 0.29) is 5.82 Å². The molecule has 7 nitrogen and oxygen atoms in total. The molecule has 0 saturated carbocycles. The Morgan fingerprint density at radius 2 is 1.76 bits per heavy atom. The number of anilines is 1. The van der Waals surface area contributed by atoms with Crippen molar-refractivity contribution in [3.63, 3.8) is 0 Å². The lowest BCUT2D eigenvalue weighted by Crippen LogP contribution is -2.39. The van der Waals surface area contributed by atoms with Gasteiger partial charge in [0, 0.05) is 22.6 Å². The van der Waals surface area contributed by atoms with Gasteiger partial charge in [-0.15, -0.1) is 0 Å². The number of carbonyl (C=O) groups excluding carboxylic acids is 1. The van der Waals surface area contributed by atoms with Crippen LogP contribution < -0.4 is 9.73 Å². The Morgan fingerprint density at radius 1 is 1.12 bits per heavy atom. The maximum Gasteiger partial charge on any atom is 0.260 e. The normalized spacial score (nSPS) is 11.7. The van der Waals surface area contributed by atoms with Crippen LogP contribution in [-0.2, 0) is 21.2 Å². The van der Waals surface area contributed by atoms with Gasteiger partial charge in [0.1, 0.15) is 12.4 Å². The second kappa shape index (κ2) is 9.99. The molecule has 1 aromatic heterocycles. The van der Waals surface area contributed by atoms with Crippen LogP contribution in [0.5, 0.6) is 0 Å². The number of amides is 1. The van der Waals surface area contributed by atoms with Crippen molar-refractivity contribution < 1.29 is 17.6 Å². The molecule has 0 aliphatic carbocycles. The van der Waals surface area contributed by atoms with E-state index in [9.17, 15) is 17.6 Å². The molecule has 0 fully saturated rings. The molecule has 3 rings (SSSR count). The maximum absolute atomic E-state index is 13.2. The first-order valence-corrected chi connectivity index (χ1v) is 12.3. The lowest BCUT2D eigenvalue weighted by Gasteiger charge is -2.21. The predicted molar refractivity (Wildman–Crippen MR) is 129 cm³/mol. The first-order valence-electron chi connectivity index (χ1n) is 10.4. The summed E-state index contributed by atoms with van der Waals surface area (Å²) in [5.74, 6) is -0.876. The van der Waals surface area contributed by atoms with E-state index in [0.717, 1.165) is 45.2 Å². The van der Waals surface area contributed by atoms with Gasteiger partial charge < -0.3 is 4.57 Å². The third-order valence-electron chi connectivity index (χ3n) is 5.27. The molecule has 1 heterocycles. The summed E-state index contributed by atoms with van der Waals surface area (Å²) < 4.78 is 40.7. The largest absolute Gasteiger partial charge is 0.318 e. The highest BCUT2D eigenvalue weighted by atomic mass is 32.2. The van der Waals surface area contributed by atoms with Gasteiger partial charge in [0.25, 0.3) is 5.91 Å². The summed E-state index contributed by atoms with van der Waals surface area (Å²) >= 11 is 0. The number of halogens is 1. The Labute approximate surface area is 193 Å². The first-order chi connectivity index (χ1) is 15.6. The molecular formula is C24H27FN4O3S. The number of nitrogens with zero attached hydrogens (tertiary/aromatic N) is 3. The third-order valence-corrected chi connectivity index (χ3v) is 6.41. The van der Waals surface area contributed by atoms with Gasteiger partial charge in [-0.2, -0.15) is 5.10 Å². The van der Waals surface area contributed by atoms with Crippen molar-refractivity contribution in [3.8, 4) is 5.69 Å². The highest BCUT2D eigenvalue weighted by molar-refractivity contribution is 7.92. The van der Waals surface area contributed by atoms with Gasteiger partial charge in [0.2, 0.25) is 10.0 Å². The van der Waals surface area contributed by atoms with Gasteiger partial charge >= 0.3 is 0 Å². The molecule has 0 atom stereocenters. The Morgan fingerprint density at radius 3 is 2.33 bits per heavy atom. The molecule has 0 saturated heterocycles. The van der Waals surface area contributed by atoms with Crippen LogP contribution in [-0.4, -0.2) is 37.9 Å². The molecule has 1 amide bonds. The fraction of sp³-hybridized carbons (Fsp3) is 0.250. The smallest absolute Gasteiger partial charge is 0.260 e. The van der Waals surface area contributed by atoms with Crippen molar-refractivity contribution >= 4 is 27.8 Å². The van der Waals surface area contributed by atoms with Crippen molar-refractivity contribution in [2.45, 2.75) is 27.2 Å². The molecule has 0 radical (unpaired) electrons. The molecule has 1 N–H and O–H groups in total. The van der Waals surface area contributed by atoms with Crippen molar-refractivity contribution in [1.29, 1.82) is 0 Å². The van der Waals surface area contributed by atoms with Crippen LogP contribution in [0, 0.1) is 19.7 Å². The van der Waals surface area contributed by atoms with Crippen LogP contribution in [0.2, 0.25) is 0 Å². The Hall–Kier alpha value is -3.46. The van der Waals surface area contributed by atoms with E-state index in [2.05, 4.69) is 10.5 Å². The fourth-order valence-corrected chi connectivity index (χ4v) is 4.40. The quantitative estimate of drug-likeness (QED) is 0.402. The van der Waals surface area contributed by atoms with E-state index >= 15 is 0 Å². The zero-order valence-electron chi connectivity index (χ0n) is 19.0. The van der Waals surface area contributed by atoms with Crippen molar-refractivity contribution in [3.05, 3.63) is 82.9 Å². The SMILES string of the molecule is CCc1ccc(N(CC(=O)N/N=C\c2cc(C)n(-c3ccc(F)cc3)c2C)S(C)(=O)=O)cc1. The van der Waals surface area contributed by atoms with Gasteiger partial charge in [-0.3, -0.25) is 9.10 Å². The van der Waals surface area contributed by atoms with E-state index in [1.165, 1.54) is 18.3 Å². The van der Waals surface area contributed by atoms with Gasteiger partial charge in [0.05, 0.1) is 18.2 Å². The number of aryl methyl sites for hydroxylation is 2. The minimum atomic E-state index is -3.66. The maximum atomic E-state index is 13.2. The predicted octanol–water partition coefficient (Wildman–Crippen LogP) is 3.71. The highest BCUT2D eigenvalue weighted by Gasteiger charge is 2.20. The van der Waals surface area contributed by atoms with Crippen LogP contribution in [0.4, 0.5) is 10.1 Å². The fourth-order valence-electron chi connectivity index (χ4n) is 3.54. The van der Waals surface area contributed by atoms with E-state index < -0.39 is 22.5 Å². The molecule has 33 heavy (non-hydrogen) atoms. The lowest BCUT2D eigenvalue weighted by molar-refractivity contribution is -0.119. The molecule has 0 bridgehead atoms. The number of nitrogens with one attached hydrogen (secondary N) is 1. The van der Waals surface area contributed by atoms with Gasteiger partial charge in [0.15, 0.2) is 0 Å². The molecule has 0 unspecified atom stereocenters. The summed E-state index contributed by atoms with van der Waals surface area (Å²) in [4.78, 5) is 12.4. The van der Waals surface area contributed by atoms with Gasteiger partial charge in [-0.25, -0.2) is 18.2 Å². The summed E-state index contributed by atoms with van der Waals surface area (Å²) in [7, 11) is -3.66. The molecule has 0 aliphatic rings. The zero-order chi connectivity index (χ0) is 24.2. The summed E-state index contributed by atoms with van der Waals surface area (Å²) in [6.45, 7) is 5.42. The van der Waals surface area contributed by atoms with Crippen LogP contribution >= 0.6 is 0 Å². The number of carbonyl (C=O) groups is 1. The molecule has 3 aromatic rings. The third kappa shape index (κ3) is 5.87. The minimum Gasteiger partial charge on any atom is -0.318 e. The van der Waals surface area contributed by atoms with Crippen molar-refractivity contribution in [2.24, 2.45) is 5.10 Å². The van der Waals surface area contributed by atoms with Crippen LogP contribution in [0.15, 0.2) is 59.7 Å². The molecule has 9 heteroatoms. The number of hydrogen-bond acceptors (Lipinski definition) is 4. The molecule has 0 spiro atoms. The second-order valence-corrected chi connectivity index (χ2v) is 9.63. The minimum absolute atomic E-state index is 0.310. The lowest BCUT2D eigenvalue weighted by atomic mass is 10.1. The standard InChI is InChI=1S/C24H27FN4O3S/c1-5-19-6-10-22(11-7-19)28(33(4,31)32)16-24(30)27-26-15-20-14-17(2)29(18(20)3)23-12-8-21(25)9-13-23/h6-15H,5,16H2,1-4H3,(H,27,30)/b26-15-. The summed E-state index contributed by atoms with van der Waals surface area (Å²) in [5, 5.41) is 4.00. The van der Waals surface area contributed by atoms with Crippen LogP contribution in [0.1, 0.15) is 29.4 Å². The Balaban J connectivity index is 1.72. The van der Waals surface area contributed by atoms with Crippen molar-refractivity contribution in [1.82, 2.24) is 9.99 Å². The number of hydrazone groups is 1. The highest BCUT2D eigenvalue weighted by Crippen LogP contribution is 2.20. The van der Waals surface area contributed by atoms with E-state index in [4.69, 9.17) is 0 Å². The van der Waals surface area contributed by atoms with E-state index in [1.54, 1.807) is 24.3 Å². The number of benzene rings is 2. The average Bonchev–Trinajstić information content (AvgIpc) is 3.05. The number of rotatable bonds is 8. The van der Waals surface area contributed by atoms with E-state index in [0.29, 0.717) is 5.69 Å². The Bertz CT molecular complexity index is 1260. The number of hydrogen-bond donors (Lipinski definition) is 1.